The van der Waals surface area contributed by atoms with Gasteiger partial charge in [0.15, 0.2) is 0 Å². The Kier molecular flexibility index (Phi) is 4.52. The number of carbonyl (C=O) groups is 3. The predicted molar refractivity (Wildman–Crippen MR) is 96.4 cm³/mol. The first-order valence-corrected chi connectivity index (χ1v) is 8.02. The van der Waals surface area contributed by atoms with E-state index >= 15 is 0 Å². The van der Waals surface area contributed by atoms with Gasteiger partial charge in [-0.2, -0.15) is 0 Å². The van der Waals surface area contributed by atoms with Gasteiger partial charge in [0.2, 0.25) is 11.8 Å². The zero-order chi connectivity index (χ0) is 18.0. The van der Waals surface area contributed by atoms with Crippen LogP contribution in [0.5, 0.6) is 0 Å². The van der Waals surface area contributed by atoms with E-state index in [-0.39, 0.29) is 24.1 Å². The van der Waals surface area contributed by atoms with Crippen molar-refractivity contribution in [1.29, 1.82) is 0 Å². The molecule has 1 aliphatic heterocycles. The molecule has 25 heavy (non-hydrogen) atoms. The molecule has 1 atom stereocenters. The lowest BCUT2D eigenvalue weighted by Crippen LogP contribution is -2.34. The van der Waals surface area contributed by atoms with Crippen LogP contribution in [0.4, 0.5) is 17.1 Å². The Hall–Kier alpha value is -3.15. The number of rotatable bonds is 4. The standard InChI is InChI=1S/C19H19N3O3/c1-12-6-8-16(9-7-12)22-18(24)11-17(19(22)25)21-15-5-3-4-14(10-15)20-13(2)23/h3-10,17,21H,11H2,1-2H3,(H,20,23)/t17-/m1/s1. The van der Waals surface area contributed by atoms with E-state index in [2.05, 4.69) is 10.6 Å². The molecule has 0 spiro atoms. The Morgan fingerprint density at radius 1 is 1.08 bits per heavy atom. The third-order valence-corrected chi connectivity index (χ3v) is 3.96. The summed E-state index contributed by atoms with van der Waals surface area (Å²) in [7, 11) is 0. The summed E-state index contributed by atoms with van der Waals surface area (Å²) < 4.78 is 0. The summed E-state index contributed by atoms with van der Waals surface area (Å²) in [4.78, 5) is 37.3. The van der Waals surface area contributed by atoms with Crippen molar-refractivity contribution >= 4 is 34.8 Å². The molecule has 3 rings (SSSR count). The number of benzene rings is 2. The SMILES string of the molecule is CC(=O)Nc1cccc(N[C@@H]2CC(=O)N(c3ccc(C)cc3)C2=O)c1. The van der Waals surface area contributed by atoms with Gasteiger partial charge in [0.1, 0.15) is 6.04 Å². The van der Waals surface area contributed by atoms with Gasteiger partial charge in [0.05, 0.1) is 12.1 Å². The summed E-state index contributed by atoms with van der Waals surface area (Å²) in [5, 5.41) is 5.77. The van der Waals surface area contributed by atoms with Crippen LogP contribution in [0.1, 0.15) is 18.9 Å². The number of aryl methyl sites for hydroxylation is 1. The van der Waals surface area contributed by atoms with Crippen LogP contribution in [0.25, 0.3) is 0 Å². The van der Waals surface area contributed by atoms with Crippen LogP contribution in [0.2, 0.25) is 0 Å². The van der Waals surface area contributed by atoms with E-state index in [0.717, 1.165) is 5.56 Å². The third-order valence-electron chi connectivity index (χ3n) is 3.96. The lowest BCUT2D eigenvalue weighted by molar-refractivity contribution is -0.121. The number of nitrogens with one attached hydrogen (secondary N) is 2. The van der Waals surface area contributed by atoms with Crippen molar-refractivity contribution in [2.75, 3.05) is 15.5 Å². The van der Waals surface area contributed by atoms with Crippen LogP contribution in [0.3, 0.4) is 0 Å². The number of anilines is 3. The lowest BCUT2D eigenvalue weighted by Gasteiger charge is -2.16. The average Bonchev–Trinajstić information content (AvgIpc) is 2.82. The number of nitrogens with zero attached hydrogens (tertiary/aromatic N) is 1. The maximum Gasteiger partial charge on any atom is 0.256 e. The number of hydrogen-bond acceptors (Lipinski definition) is 4. The van der Waals surface area contributed by atoms with Crippen LogP contribution in [0.15, 0.2) is 48.5 Å². The fraction of sp³-hybridized carbons (Fsp3) is 0.211. The first-order valence-electron chi connectivity index (χ1n) is 8.02. The molecule has 0 saturated carbocycles. The number of hydrogen-bond donors (Lipinski definition) is 2. The fourth-order valence-corrected chi connectivity index (χ4v) is 2.80. The van der Waals surface area contributed by atoms with Crippen molar-refractivity contribution in [2.45, 2.75) is 26.3 Å². The zero-order valence-corrected chi connectivity index (χ0v) is 14.1. The molecule has 1 fully saturated rings. The molecular weight excluding hydrogens is 318 g/mol. The van der Waals surface area contributed by atoms with Crippen molar-refractivity contribution in [2.24, 2.45) is 0 Å². The molecule has 1 saturated heterocycles. The molecule has 0 bridgehead atoms. The van der Waals surface area contributed by atoms with Crippen molar-refractivity contribution in [1.82, 2.24) is 0 Å². The first-order chi connectivity index (χ1) is 11.9. The minimum Gasteiger partial charge on any atom is -0.373 e. The van der Waals surface area contributed by atoms with Gasteiger partial charge in [-0.25, -0.2) is 4.90 Å². The number of carbonyl (C=O) groups excluding carboxylic acids is 3. The highest BCUT2D eigenvalue weighted by Crippen LogP contribution is 2.26. The zero-order valence-electron chi connectivity index (χ0n) is 14.1. The third kappa shape index (κ3) is 3.68. The number of imide groups is 1. The van der Waals surface area contributed by atoms with Crippen LogP contribution >= 0.6 is 0 Å². The van der Waals surface area contributed by atoms with Gasteiger partial charge >= 0.3 is 0 Å². The van der Waals surface area contributed by atoms with Gasteiger partial charge in [0, 0.05) is 18.3 Å². The van der Waals surface area contributed by atoms with Crippen molar-refractivity contribution in [3.05, 3.63) is 54.1 Å². The molecule has 128 valence electrons. The Balaban J connectivity index is 1.76. The molecule has 0 unspecified atom stereocenters. The van der Waals surface area contributed by atoms with E-state index in [4.69, 9.17) is 0 Å². The molecule has 0 radical (unpaired) electrons. The molecule has 2 aromatic carbocycles. The fourth-order valence-electron chi connectivity index (χ4n) is 2.80. The van der Waals surface area contributed by atoms with E-state index in [9.17, 15) is 14.4 Å². The molecule has 3 amide bonds. The second kappa shape index (κ2) is 6.76. The molecule has 6 heteroatoms. The first kappa shape index (κ1) is 16.7. The van der Waals surface area contributed by atoms with E-state index in [1.165, 1.54) is 11.8 Å². The highest BCUT2D eigenvalue weighted by Gasteiger charge is 2.39. The molecule has 2 aromatic rings. The second-order valence-corrected chi connectivity index (χ2v) is 6.07. The van der Waals surface area contributed by atoms with Gasteiger partial charge in [-0.3, -0.25) is 14.4 Å². The minimum absolute atomic E-state index is 0.0943. The molecule has 0 aliphatic carbocycles. The topological polar surface area (TPSA) is 78.5 Å². The average molecular weight is 337 g/mol. The second-order valence-electron chi connectivity index (χ2n) is 6.07. The highest BCUT2D eigenvalue weighted by molar-refractivity contribution is 6.23. The van der Waals surface area contributed by atoms with Crippen LogP contribution < -0.4 is 15.5 Å². The highest BCUT2D eigenvalue weighted by atomic mass is 16.2. The van der Waals surface area contributed by atoms with Crippen molar-refractivity contribution < 1.29 is 14.4 Å². The Morgan fingerprint density at radius 2 is 1.76 bits per heavy atom. The molecule has 2 N–H and O–H groups in total. The summed E-state index contributed by atoms with van der Waals surface area (Å²) in [6.07, 6.45) is 0.0943. The van der Waals surface area contributed by atoms with Gasteiger partial charge < -0.3 is 10.6 Å². The van der Waals surface area contributed by atoms with Crippen LogP contribution in [-0.4, -0.2) is 23.8 Å². The summed E-state index contributed by atoms with van der Waals surface area (Å²) in [6, 6.07) is 13.7. The quantitative estimate of drug-likeness (QED) is 0.841. The molecule has 6 nitrogen and oxygen atoms in total. The smallest absolute Gasteiger partial charge is 0.256 e. The van der Waals surface area contributed by atoms with E-state index in [1.54, 1.807) is 36.4 Å². The summed E-state index contributed by atoms with van der Waals surface area (Å²) in [6.45, 7) is 3.38. The maximum atomic E-state index is 12.6. The van der Waals surface area contributed by atoms with E-state index in [1.807, 2.05) is 19.1 Å². The van der Waals surface area contributed by atoms with Gasteiger partial charge in [0.25, 0.3) is 5.91 Å². The Bertz CT molecular complexity index is 830. The largest absolute Gasteiger partial charge is 0.373 e. The summed E-state index contributed by atoms with van der Waals surface area (Å²) >= 11 is 0. The molecular formula is C19H19N3O3. The predicted octanol–water partition coefficient (Wildman–Crippen LogP) is 2.70. The Labute approximate surface area is 145 Å². The van der Waals surface area contributed by atoms with Gasteiger partial charge in [-0.15, -0.1) is 0 Å². The van der Waals surface area contributed by atoms with Crippen LogP contribution in [-0.2, 0) is 14.4 Å². The van der Waals surface area contributed by atoms with E-state index in [0.29, 0.717) is 17.1 Å². The number of amides is 3. The van der Waals surface area contributed by atoms with Gasteiger partial charge in [-0.1, -0.05) is 23.8 Å². The van der Waals surface area contributed by atoms with Crippen LogP contribution in [0, 0.1) is 6.92 Å². The molecule has 0 aromatic heterocycles. The van der Waals surface area contributed by atoms with Gasteiger partial charge in [-0.05, 0) is 37.3 Å². The lowest BCUT2D eigenvalue weighted by atomic mass is 10.2. The van der Waals surface area contributed by atoms with Crippen molar-refractivity contribution in [3.63, 3.8) is 0 Å². The summed E-state index contributed by atoms with van der Waals surface area (Å²) in [5.41, 5.74) is 2.94. The minimum atomic E-state index is -0.624. The monoisotopic (exact) mass is 337 g/mol. The summed E-state index contributed by atoms with van der Waals surface area (Å²) in [5.74, 6) is -0.682. The van der Waals surface area contributed by atoms with Crippen molar-refractivity contribution in [3.8, 4) is 0 Å². The molecule has 1 heterocycles. The normalized spacial score (nSPS) is 16.9. The maximum absolute atomic E-state index is 12.6. The molecule has 1 aliphatic rings. The Morgan fingerprint density at radius 3 is 2.44 bits per heavy atom. The van der Waals surface area contributed by atoms with E-state index < -0.39 is 6.04 Å².